The molecule has 0 saturated carbocycles. The van der Waals surface area contributed by atoms with Crippen LogP contribution in [0.2, 0.25) is 0 Å². The van der Waals surface area contributed by atoms with Gasteiger partial charge in [-0.25, -0.2) is 4.79 Å². The van der Waals surface area contributed by atoms with Crippen LogP contribution >= 0.6 is 15.9 Å². The second-order valence-corrected chi connectivity index (χ2v) is 10.1. The summed E-state index contributed by atoms with van der Waals surface area (Å²) in [7, 11) is 3.08. The number of esters is 1. The fourth-order valence-corrected chi connectivity index (χ4v) is 5.52. The third-order valence-corrected chi connectivity index (χ3v) is 7.18. The topological polar surface area (TPSA) is 94.1 Å². The van der Waals surface area contributed by atoms with E-state index < -0.39 is 11.9 Å². The Bertz CT molecular complexity index is 1280. The number of ether oxygens (including phenoxy) is 3. The molecule has 36 heavy (non-hydrogen) atoms. The zero-order chi connectivity index (χ0) is 26.1. The smallest absolute Gasteiger partial charge is 0.337 e. The minimum Gasteiger partial charge on any atom is -0.503 e. The first-order valence-electron chi connectivity index (χ1n) is 11.8. The maximum absolute atomic E-state index is 13.8. The van der Waals surface area contributed by atoms with Crippen LogP contribution in [0.1, 0.15) is 56.6 Å². The highest BCUT2D eigenvalue weighted by atomic mass is 79.9. The summed E-state index contributed by atoms with van der Waals surface area (Å²) < 4.78 is 16.9. The highest BCUT2D eigenvalue weighted by molar-refractivity contribution is 9.10. The van der Waals surface area contributed by atoms with Crippen LogP contribution in [0.25, 0.3) is 0 Å². The molecule has 2 aliphatic rings. The van der Waals surface area contributed by atoms with Crippen LogP contribution < -0.4 is 14.8 Å². The average Bonchev–Trinajstić information content (AvgIpc) is 2.84. The molecule has 0 aromatic heterocycles. The number of halogens is 1. The number of nitrogens with one attached hydrogen (secondary N) is 1. The van der Waals surface area contributed by atoms with Gasteiger partial charge in [0.15, 0.2) is 17.3 Å². The number of methoxy groups -OCH3 is 2. The molecule has 0 spiro atoms. The number of aromatic hydroxyl groups is 1. The van der Waals surface area contributed by atoms with Gasteiger partial charge in [-0.2, -0.15) is 0 Å². The SMILES string of the molecule is COc1ccccc1[C@H]1CC(=O)C2=C(C1)NC(C)=C(C(=O)OC(C)C)[C@H]2c1cc(Br)c(O)c(OC)c1. The largest absolute Gasteiger partial charge is 0.503 e. The average molecular weight is 556 g/mol. The van der Waals surface area contributed by atoms with E-state index in [0.717, 1.165) is 17.0 Å². The Morgan fingerprint density at radius 3 is 2.47 bits per heavy atom. The van der Waals surface area contributed by atoms with E-state index in [1.807, 2.05) is 31.2 Å². The van der Waals surface area contributed by atoms with Crippen LogP contribution in [0.5, 0.6) is 17.2 Å². The summed E-state index contributed by atoms with van der Waals surface area (Å²) in [5.41, 5.74) is 3.91. The van der Waals surface area contributed by atoms with Crippen molar-refractivity contribution in [3.63, 3.8) is 0 Å². The summed E-state index contributed by atoms with van der Waals surface area (Å²) in [5, 5.41) is 13.7. The zero-order valence-electron chi connectivity index (χ0n) is 21.0. The highest BCUT2D eigenvalue weighted by Gasteiger charge is 2.42. The monoisotopic (exact) mass is 555 g/mol. The number of phenols is 1. The molecule has 2 aromatic carbocycles. The number of Topliss-reactive ketones (excluding diaryl/α,β-unsaturated/α-hetero) is 1. The van der Waals surface area contributed by atoms with E-state index in [1.54, 1.807) is 33.1 Å². The van der Waals surface area contributed by atoms with Crippen molar-refractivity contribution >= 4 is 27.7 Å². The number of rotatable bonds is 6. The van der Waals surface area contributed by atoms with Gasteiger partial charge in [0.2, 0.25) is 0 Å². The summed E-state index contributed by atoms with van der Waals surface area (Å²) in [6.45, 7) is 5.39. The number of dihydropyridines is 1. The first-order chi connectivity index (χ1) is 17.2. The predicted octanol–water partition coefficient (Wildman–Crippen LogP) is 5.49. The van der Waals surface area contributed by atoms with Gasteiger partial charge >= 0.3 is 5.97 Å². The van der Waals surface area contributed by atoms with Crippen molar-refractivity contribution in [2.45, 2.75) is 51.6 Å². The molecule has 190 valence electrons. The van der Waals surface area contributed by atoms with Crippen molar-refractivity contribution in [1.82, 2.24) is 5.32 Å². The summed E-state index contributed by atoms with van der Waals surface area (Å²) in [6, 6.07) is 11.1. The molecule has 1 heterocycles. The fraction of sp³-hybridized carbons (Fsp3) is 0.357. The Morgan fingerprint density at radius 2 is 1.81 bits per heavy atom. The van der Waals surface area contributed by atoms with Gasteiger partial charge in [-0.3, -0.25) is 4.79 Å². The minimum atomic E-state index is -0.676. The van der Waals surface area contributed by atoms with E-state index in [0.29, 0.717) is 33.3 Å². The van der Waals surface area contributed by atoms with Crippen LogP contribution in [0, 0.1) is 0 Å². The van der Waals surface area contributed by atoms with Crippen LogP contribution in [0.3, 0.4) is 0 Å². The number of ketones is 1. The van der Waals surface area contributed by atoms with Crippen molar-refractivity contribution in [3.8, 4) is 17.2 Å². The molecule has 0 unspecified atom stereocenters. The Kier molecular flexibility index (Phi) is 7.45. The van der Waals surface area contributed by atoms with Gasteiger partial charge in [0.25, 0.3) is 0 Å². The lowest BCUT2D eigenvalue weighted by Crippen LogP contribution is -2.36. The summed E-state index contributed by atoms with van der Waals surface area (Å²) in [5.74, 6) is -0.369. The molecule has 0 fully saturated rings. The third-order valence-electron chi connectivity index (χ3n) is 6.57. The minimum absolute atomic E-state index is 0.0531. The van der Waals surface area contributed by atoms with Gasteiger partial charge in [-0.1, -0.05) is 18.2 Å². The summed E-state index contributed by atoms with van der Waals surface area (Å²) in [4.78, 5) is 27.1. The molecule has 8 heteroatoms. The molecule has 2 N–H and O–H groups in total. The lowest BCUT2D eigenvalue weighted by atomic mass is 9.71. The second-order valence-electron chi connectivity index (χ2n) is 9.27. The molecule has 0 bridgehead atoms. The molecule has 7 nitrogen and oxygen atoms in total. The number of benzene rings is 2. The number of carbonyl (C=O) groups excluding carboxylic acids is 2. The Labute approximate surface area is 219 Å². The molecular weight excluding hydrogens is 526 g/mol. The molecular formula is C28H30BrNO6. The van der Waals surface area contributed by atoms with Crippen LogP contribution in [-0.4, -0.2) is 37.2 Å². The quantitative estimate of drug-likeness (QED) is 0.455. The summed E-state index contributed by atoms with van der Waals surface area (Å²) >= 11 is 3.38. The highest BCUT2D eigenvalue weighted by Crippen LogP contribution is 2.49. The molecule has 0 amide bonds. The molecule has 2 atom stereocenters. The fourth-order valence-electron chi connectivity index (χ4n) is 5.06. The number of allylic oxidation sites excluding steroid dienone is 3. The van der Waals surface area contributed by atoms with Crippen LogP contribution in [-0.2, 0) is 14.3 Å². The molecule has 1 aliphatic heterocycles. The Morgan fingerprint density at radius 1 is 1.11 bits per heavy atom. The molecule has 0 saturated heterocycles. The van der Waals surface area contributed by atoms with Crippen molar-refractivity contribution < 1.29 is 28.9 Å². The number of hydrogen-bond donors (Lipinski definition) is 2. The number of hydrogen-bond acceptors (Lipinski definition) is 7. The summed E-state index contributed by atoms with van der Waals surface area (Å²) in [6.07, 6.45) is 0.532. The normalized spacial score (nSPS) is 19.7. The Hall–Kier alpha value is -3.26. The van der Waals surface area contributed by atoms with Gasteiger partial charge < -0.3 is 24.6 Å². The van der Waals surface area contributed by atoms with Crippen molar-refractivity contribution in [1.29, 1.82) is 0 Å². The lowest BCUT2D eigenvalue weighted by Gasteiger charge is -2.37. The number of phenolic OH excluding ortho intramolecular Hbond substituents is 1. The first-order valence-corrected chi connectivity index (χ1v) is 12.6. The van der Waals surface area contributed by atoms with Gasteiger partial charge in [-0.15, -0.1) is 0 Å². The van der Waals surface area contributed by atoms with Crippen molar-refractivity contribution in [2.75, 3.05) is 14.2 Å². The van der Waals surface area contributed by atoms with Gasteiger partial charge in [0.05, 0.1) is 30.4 Å². The standard InChI is InChI=1S/C28H30BrNO6/c1-14(2)36-28(33)24-15(3)30-20-11-16(18-8-6-7-9-22(18)34-4)12-21(31)26(20)25(24)17-10-19(29)27(32)23(13-17)35-5/h6-10,13-14,16,25,30,32H,11-12H2,1-5H3/t16-,25-/m1/s1. The van der Waals surface area contributed by atoms with Crippen LogP contribution in [0.15, 0.2) is 63.4 Å². The van der Waals surface area contributed by atoms with E-state index in [4.69, 9.17) is 14.2 Å². The second kappa shape index (κ2) is 10.4. The third kappa shape index (κ3) is 4.74. The predicted molar refractivity (Wildman–Crippen MR) is 139 cm³/mol. The lowest BCUT2D eigenvalue weighted by molar-refractivity contribution is -0.143. The molecule has 0 radical (unpaired) electrons. The maximum Gasteiger partial charge on any atom is 0.337 e. The van der Waals surface area contributed by atoms with E-state index in [2.05, 4.69) is 21.2 Å². The number of para-hydroxylation sites is 1. The molecule has 4 rings (SSSR count). The molecule has 1 aliphatic carbocycles. The maximum atomic E-state index is 13.8. The van der Waals surface area contributed by atoms with E-state index >= 15 is 0 Å². The van der Waals surface area contributed by atoms with E-state index in [1.165, 1.54) is 7.11 Å². The van der Waals surface area contributed by atoms with E-state index in [9.17, 15) is 14.7 Å². The zero-order valence-corrected chi connectivity index (χ0v) is 22.6. The van der Waals surface area contributed by atoms with Crippen molar-refractivity contribution in [2.24, 2.45) is 0 Å². The van der Waals surface area contributed by atoms with Gasteiger partial charge in [0.1, 0.15) is 5.75 Å². The molecule has 2 aromatic rings. The number of carbonyl (C=O) groups is 2. The first kappa shape index (κ1) is 25.8. The van der Waals surface area contributed by atoms with Gasteiger partial charge in [0, 0.05) is 35.2 Å². The van der Waals surface area contributed by atoms with Crippen molar-refractivity contribution in [3.05, 3.63) is 74.5 Å². The van der Waals surface area contributed by atoms with Gasteiger partial charge in [-0.05, 0) is 72.4 Å². The van der Waals surface area contributed by atoms with E-state index in [-0.39, 0.29) is 35.7 Å². The van der Waals surface area contributed by atoms with Crippen LogP contribution in [0.4, 0.5) is 0 Å². The Balaban J connectivity index is 1.86.